The number of ether oxygens (including phenoxy) is 1. The Morgan fingerprint density at radius 3 is 2.76 bits per heavy atom. The number of pyridine rings is 1. The SMILES string of the molecule is Cc1nc(N)ccc1CNC(=O)C(COC=O)N(C)C(=O)[C@H]1CC(Cc2ccccc2)CN1. The number of carbonyl (C=O) groups excluding carboxylic acids is 3. The first-order valence-electron chi connectivity index (χ1n) is 11.0. The Bertz CT molecular complexity index is 969. The number of rotatable bonds is 10. The fourth-order valence-corrected chi connectivity index (χ4v) is 4.09. The van der Waals surface area contributed by atoms with E-state index in [2.05, 4.69) is 27.8 Å². The topological polar surface area (TPSA) is 127 Å². The van der Waals surface area contributed by atoms with E-state index in [0.717, 1.165) is 18.5 Å². The molecule has 4 N–H and O–H groups in total. The minimum absolute atomic E-state index is 0.203. The molecule has 1 aromatic heterocycles. The number of nitrogens with two attached hydrogens (primary N) is 1. The number of anilines is 1. The highest BCUT2D eigenvalue weighted by Crippen LogP contribution is 2.21. The Labute approximate surface area is 193 Å². The van der Waals surface area contributed by atoms with Crippen molar-refractivity contribution in [3.05, 3.63) is 59.3 Å². The maximum atomic E-state index is 13.1. The minimum atomic E-state index is -0.945. The number of aromatic nitrogens is 1. The monoisotopic (exact) mass is 453 g/mol. The third kappa shape index (κ3) is 6.52. The van der Waals surface area contributed by atoms with E-state index in [4.69, 9.17) is 10.5 Å². The molecule has 2 amide bonds. The van der Waals surface area contributed by atoms with Crippen LogP contribution in [0.1, 0.15) is 23.2 Å². The molecule has 0 saturated carbocycles. The van der Waals surface area contributed by atoms with Gasteiger partial charge in [0.05, 0.1) is 6.04 Å². The molecule has 176 valence electrons. The molecule has 1 aromatic carbocycles. The highest BCUT2D eigenvalue weighted by Gasteiger charge is 2.35. The summed E-state index contributed by atoms with van der Waals surface area (Å²) in [5.74, 6) is 0.113. The molecule has 2 unspecified atom stereocenters. The highest BCUT2D eigenvalue weighted by molar-refractivity contribution is 5.90. The minimum Gasteiger partial charge on any atom is -0.465 e. The van der Waals surface area contributed by atoms with Gasteiger partial charge >= 0.3 is 0 Å². The second kappa shape index (κ2) is 11.4. The van der Waals surface area contributed by atoms with Crippen LogP contribution in [0.5, 0.6) is 0 Å². The lowest BCUT2D eigenvalue weighted by atomic mass is 9.96. The van der Waals surface area contributed by atoms with Gasteiger partial charge in [0.2, 0.25) is 11.8 Å². The Hall–Kier alpha value is -3.46. The quantitative estimate of drug-likeness (QED) is 0.454. The van der Waals surface area contributed by atoms with E-state index in [1.807, 2.05) is 18.2 Å². The van der Waals surface area contributed by atoms with Gasteiger partial charge < -0.3 is 26.0 Å². The lowest BCUT2D eigenvalue weighted by molar-refractivity contribution is -0.145. The first-order valence-corrected chi connectivity index (χ1v) is 11.0. The molecule has 2 aromatic rings. The van der Waals surface area contributed by atoms with Gasteiger partial charge in [-0.3, -0.25) is 14.4 Å². The predicted octanol–water partition coefficient (Wildman–Crippen LogP) is 0.809. The molecule has 9 heteroatoms. The second-order valence-electron chi connectivity index (χ2n) is 8.35. The van der Waals surface area contributed by atoms with Gasteiger partial charge in [-0.2, -0.15) is 0 Å². The molecule has 0 aliphatic carbocycles. The molecule has 3 rings (SSSR count). The van der Waals surface area contributed by atoms with Gasteiger partial charge in [-0.25, -0.2) is 4.98 Å². The zero-order chi connectivity index (χ0) is 23.8. The summed E-state index contributed by atoms with van der Waals surface area (Å²) in [6, 6.07) is 12.3. The Kier molecular flexibility index (Phi) is 8.37. The van der Waals surface area contributed by atoms with Crippen LogP contribution in [-0.4, -0.2) is 60.5 Å². The van der Waals surface area contributed by atoms with Crippen LogP contribution in [-0.2, 0) is 32.1 Å². The van der Waals surface area contributed by atoms with E-state index in [1.165, 1.54) is 10.5 Å². The molecule has 3 atom stereocenters. The molecule has 1 aliphatic rings. The fourth-order valence-electron chi connectivity index (χ4n) is 4.09. The smallest absolute Gasteiger partial charge is 0.293 e. The summed E-state index contributed by atoms with van der Waals surface area (Å²) < 4.78 is 4.86. The summed E-state index contributed by atoms with van der Waals surface area (Å²) in [5.41, 5.74) is 8.42. The molecular weight excluding hydrogens is 422 g/mol. The number of benzene rings is 1. The number of nitrogens with zero attached hydrogens (tertiary/aromatic N) is 2. The zero-order valence-corrected chi connectivity index (χ0v) is 19.0. The van der Waals surface area contributed by atoms with E-state index in [1.54, 1.807) is 26.1 Å². The summed E-state index contributed by atoms with van der Waals surface area (Å²) in [6.07, 6.45) is 1.56. The standard InChI is InChI=1S/C24H31N5O4/c1-16-19(8-9-22(25)28-16)13-27-23(31)21(14-33-15-30)29(2)24(32)20-11-18(12-26-20)10-17-6-4-3-5-7-17/h3-9,15,18,20-21,26H,10-14H2,1-2H3,(H2,25,28)(H,27,31)/t18?,20-,21?/m1/s1. The maximum Gasteiger partial charge on any atom is 0.293 e. The van der Waals surface area contributed by atoms with Crippen LogP contribution in [0.3, 0.4) is 0 Å². The van der Waals surface area contributed by atoms with Crippen molar-refractivity contribution in [3.8, 4) is 0 Å². The maximum absolute atomic E-state index is 13.1. The lowest BCUT2D eigenvalue weighted by Gasteiger charge is -2.29. The van der Waals surface area contributed by atoms with Crippen LogP contribution in [0.25, 0.3) is 0 Å². The summed E-state index contributed by atoms with van der Waals surface area (Å²) in [5, 5.41) is 6.08. The van der Waals surface area contributed by atoms with Gasteiger partial charge in [0.25, 0.3) is 6.47 Å². The van der Waals surface area contributed by atoms with Crippen LogP contribution in [0.4, 0.5) is 5.82 Å². The van der Waals surface area contributed by atoms with Crippen molar-refractivity contribution in [1.82, 2.24) is 20.5 Å². The average Bonchev–Trinajstić information content (AvgIpc) is 3.27. The normalized spacial score (nSPS) is 18.4. The van der Waals surface area contributed by atoms with E-state index in [9.17, 15) is 14.4 Å². The van der Waals surface area contributed by atoms with E-state index in [-0.39, 0.29) is 25.5 Å². The third-order valence-electron chi connectivity index (χ3n) is 6.00. The van der Waals surface area contributed by atoms with Crippen molar-refractivity contribution in [2.24, 2.45) is 5.92 Å². The van der Waals surface area contributed by atoms with Gasteiger partial charge in [-0.1, -0.05) is 36.4 Å². The molecule has 1 fully saturated rings. The molecule has 0 spiro atoms. The second-order valence-corrected chi connectivity index (χ2v) is 8.35. The fraction of sp³-hybridized carbons (Fsp3) is 0.417. The van der Waals surface area contributed by atoms with Crippen LogP contribution in [0.2, 0.25) is 0 Å². The number of hydrogen-bond donors (Lipinski definition) is 3. The number of hydrogen-bond acceptors (Lipinski definition) is 7. The van der Waals surface area contributed by atoms with E-state index >= 15 is 0 Å². The molecule has 0 radical (unpaired) electrons. The molecular formula is C24H31N5O4. The van der Waals surface area contributed by atoms with Crippen LogP contribution in [0.15, 0.2) is 42.5 Å². The van der Waals surface area contributed by atoms with Crippen molar-refractivity contribution in [1.29, 1.82) is 0 Å². The largest absolute Gasteiger partial charge is 0.465 e. The van der Waals surface area contributed by atoms with Gasteiger partial charge in [-0.15, -0.1) is 0 Å². The summed E-state index contributed by atoms with van der Waals surface area (Å²) in [7, 11) is 1.56. The number of likely N-dealkylation sites (N-methyl/N-ethyl adjacent to an activating group) is 1. The van der Waals surface area contributed by atoms with Crippen molar-refractivity contribution in [2.75, 3.05) is 25.9 Å². The number of nitrogen functional groups attached to an aromatic ring is 1. The lowest BCUT2D eigenvalue weighted by Crippen LogP contribution is -2.54. The van der Waals surface area contributed by atoms with Crippen molar-refractivity contribution < 1.29 is 19.1 Å². The van der Waals surface area contributed by atoms with Crippen LogP contribution in [0, 0.1) is 12.8 Å². The van der Waals surface area contributed by atoms with Crippen molar-refractivity contribution >= 4 is 24.1 Å². The average molecular weight is 454 g/mol. The third-order valence-corrected chi connectivity index (χ3v) is 6.00. The molecule has 33 heavy (non-hydrogen) atoms. The molecule has 1 aliphatic heterocycles. The molecule has 2 heterocycles. The molecule has 0 bridgehead atoms. The Morgan fingerprint density at radius 1 is 1.30 bits per heavy atom. The van der Waals surface area contributed by atoms with Crippen LogP contribution < -0.4 is 16.4 Å². The van der Waals surface area contributed by atoms with Crippen molar-refractivity contribution in [3.63, 3.8) is 0 Å². The number of amides is 2. The first kappa shape index (κ1) is 24.2. The highest BCUT2D eigenvalue weighted by atomic mass is 16.5. The predicted molar refractivity (Wildman–Crippen MR) is 124 cm³/mol. The molecule has 9 nitrogen and oxygen atoms in total. The number of aryl methyl sites for hydroxylation is 1. The van der Waals surface area contributed by atoms with E-state index in [0.29, 0.717) is 23.9 Å². The van der Waals surface area contributed by atoms with Crippen molar-refractivity contribution in [2.45, 2.75) is 38.4 Å². The van der Waals surface area contributed by atoms with E-state index < -0.39 is 18.0 Å². The summed E-state index contributed by atoms with van der Waals surface area (Å²) >= 11 is 0. The molecule has 1 saturated heterocycles. The van der Waals surface area contributed by atoms with Gasteiger partial charge in [-0.05, 0) is 49.4 Å². The summed E-state index contributed by atoms with van der Waals surface area (Å²) in [6.45, 7) is 2.80. The van der Waals surface area contributed by atoms with Gasteiger partial charge in [0.15, 0.2) is 0 Å². The Morgan fingerprint density at radius 2 is 2.06 bits per heavy atom. The van der Waals surface area contributed by atoms with Crippen LogP contribution >= 0.6 is 0 Å². The van der Waals surface area contributed by atoms with Gasteiger partial charge in [0, 0.05) is 19.3 Å². The number of carbonyl (C=O) groups is 3. The first-order chi connectivity index (χ1) is 15.9. The Balaban J connectivity index is 1.60. The number of nitrogens with one attached hydrogen (secondary N) is 2. The zero-order valence-electron chi connectivity index (χ0n) is 19.0. The summed E-state index contributed by atoms with van der Waals surface area (Å²) in [4.78, 5) is 42.3. The van der Waals surface area contributed by atoms with Gasteiger partial charge in [0.1, 0.15) is 18.5 Å².